The monoisotopic (exact) mass is 280 g/mol. The zero-order valence-corrected chi connectivity index (χ0v) is 12.1. The number of hydrogen-bond acceptors (Lipinski definition) is 3. The van der Waals surface area contributed by atoms with Crippen LogP contribution in [-0.2, 0) is 14.2 Å². The summed E-state index contributed by atoms with van der Waals surface area (Å²) in [5.41, 5.74) is 0. The average molecular weight is 280 g/mol. The van der Waals surface area contributed by atoms with E-state index in [1.807, 2.05) is 6.07 Å². The zero-order chi connectivity index (χ0) is 14.2. The summed E-state index contributed by atoms with van der Waals surface area (Å²) in [6, 6.07) is 8.48. The molecule has 0 radical (unpaired) electrons. The smallest absolute Gasteiger partial charge is 0.276 e. The first-order valence-corrected chi connectivity index (χ1v) is 7.75. The number of carbonyl (C=O) groups is 2. The SMILES string of the molecule is CC(C)N1C(=O)CC(=O)N(C)P1(=O)c1ccccc1. The van der Waals surface area contributed by atoms with E-state index in [0.29, 0.717) is 5.30 Å². The molecule has 1 saturated heterocycles. The van der Waals surface area contributed by atoms with Gasteiger partial charge in [0.1, 0.15) is 6.42 Å². The summed E-state index contributed by atoms with van der Waals surface area (Å²) in [6.45, 7) is 3.61. The molecule has 2 amide bonds. The highest BCUT2D eigenvalue weighted by Crippen LogP contribution is 2.55. The van der Waals surface area contributed by atoms with Gasteiger partial charge in [-0.15, -0.1) is 0 Å². The first-order chi connectivity index (χ1) is 8.89. The van der Waals surface area contributed by atoms with Gasteiger partial charge < -0.3 is 0 Å². The van der Waals surface area contributed by atoms with Gasteiger partial charge in [0.2, 0.25) is 11.8 Å². The molecule has 0 saturated carbocycles. The minimum absolute atomic E-state index is 0.217. The molecule has 2 rings (SSSR count). The molecule has 102 valence electrons. The molecule has 0 bridgehead atoms. The maximum absolute atomic E-state index is 13.4. The van der Waals surface area contributed by atoms with E-state index < -0.39 is 13.4 Å². The van der Waals surface area contributed by atoms with E-state index in [9.17, 15) is 14.2 Å². The Morgan fingerprint density at radius 2 is 1.68 bits per heavy atom. The molecule has 6 heteroatoms. The van der Waals surface area contributed by atoms with Crippen molar-refractivity contribution in [2.45, 2.75) is 26.3 Å². The molecule has 0 aliphatic carbocycles. The van der Waals surface area contributed by atoms with Crippen molar-refractivity contribution in [3.8, 4) is 0 Å². The Labute approximate surface area is 112 Å². The second-order valence-corrected chi connectivity index (χ2v) is 7.44. The Balaban J connectivity index is 2.62. The number of nitrogens with zero attached hydrogens (tertiary/aromatic N) is 2. The van der Waals surface area contributed by atoms with Crippen LogP contribution in [-0.4, -0.2) is 34.2 Å². The highest BCUT2D eigenvalue weighted by atomic mass is 31.2. The normalized spacial score (nSPS) is 24.2. The number of rotatable bonds is 2. The van der Waals surface area contributed by atoms with Crippen LogP contribution in [0.4, 0.5) is 0 Å². The van der Waals surface area contributed by atoms with E-state index in [-0.39, 0.29) is 18.4 Å². The third-order valence-electron chi connectivity index (χ3n) is 3.20. The number of carbonyl (C=O) groups excluding carboxylic acids is 2. The summed E-state index contributed by atoms with van der Waals surface area (Å²) < 4.78 is 15.9. The molecule has 1 aromatic carbocycles. The molecule has 5 nitrogen and oxygen atoms in total. The molecule has 1 heterocycles. The van der Waals surface area contributed by atoms with Crippen LogP contribution in [0.5, 0.6) is 0 Å². The van der Waals surface area contributed by atoms with Crippen molar-refractivity contribution in [1.82, 2.24) is 9.34 Å². The molecule has 0 N–H and O–H groups in total. The van der Waals surface area contributed by atoms with Crippen molar-refractivity contribution >= 4 is 24.6 Å². The lowest BCUT2D eigenvalue weighted by molar-refractivity contribution is -0.138. The Kier molecular flexibility index (Phi) is 3.50. The molecule has 1 aliphatic heterocycles. The van der Waals surface area contributed by atoms with Crippen molar-refractivity contribution < 1.29 is 14.2 Å². The summed E-state index contributed by atoms with van der Waals surface area (Å²) in [4.78, 5) is 24.0. The fraction of sp³-hybridized carbons (Fsp3) is 0.385. The van der Waals surface area contributed by atoms with Gasteiger partial charge in [-0.1, -0.05) is 18.2 Å². The van der Waals surface area contributed by atoms with Gasteiger partial charge in [0.05, 0.1) is 5.30 Å². The highest BCUT2D eigenvalue weighted by molar-refractivity contribution is 7.68. The molecule has 0 aromatic heterocycles. The molecule has 0 spiro atoms. The van der Waals surface area contributed by atoms with Gasteiger partial charge in [0.25, 0.3) is 7.44 Å². The molecular formula is C13H17N2O3P. The largest absolute Gasteiger partial charge is 0.297 e. The minimum Gasteiger partial charge on any atom is -0.276 e. The first-order valence-electron chi connectivity index (χ1n) is 6.14. The Bertz CT molecular complexity index is 556. The lowest BCUT2D eigenvalue weighted by Gasteiger charge is -2.43. The van der Waals surface area contributed by atoms with Crippen LogP contribution in [0.25, 0.3) is 0 Å². The maximum atomic E-state index is 13.4. The highest BCUT2D eigenvalue weighted by Gasteiger charge is 2.48. The van der Waals surface area contributed by atoms with Gasteiger partial charge in [0, 0.05) is 13.1 Å². The number of benzene rings is 1. The molecule has 1 aliphatic rings. The van der Waals surface area contributed by atoms with Crippen molar-refractivity contribution in [3.05, 3.63) is 30.3 Å². The quantitative estimate of drug-likeness (QED) is 0.611. The number of hydrogen-bond donors (Lipinski definition) is 0. The summed E-state index contributed by atoms with van der Waals surface area (Å²) in [5, 5.41) is 0.507. The topological polar surface area (TPSA) is 57.7 Å². The Hall–Kier alpha value is -1.61. The lowest BCUT2D eigenvalue weighted by Crippen LogP contribution is -2.50. The molecule has 1 unspecified atom stereocenters. The van der Waals surface area contributed by atoms with E-state index in [1.54, 1.807) is 38.1 Å². The van der Waals surface area contributed by atoms with Crippen LogP contribution in [0.3, 0.4) is 0 Å². The maximum Gasteiger partial charge on any atom is 0.297 e. The second kappa shape index (κ2) is 4.82. The standard InChI is InChI=1S/C13H17N2O3P/c1-10(2)15-13(17)9-12(16)14(3)19(15,18)11-7-5-4-6-8-11/h4-8,10H,9H2,1-3H3. The van der Waals surface area contributed by atoms with Crippen molar-refractivity contribution in [3.63, 3.8) is 0 Å². The van der Waals surface area contributed by atoms with Gasteiger partial charge in [-0.05, 0) is 26.0 Å². The van der Waals surface area contributed by atoms with Crippen molar-refractivity contribution in [2.75, 3.05) is 7.05 Å². The van der Waals surface area contributed by atoms with E-state index in [0.717, 1.165) is 0 Å². The summed E-state index contributed by atoms with van der Waals surface area (Å²) in [6.07, 6.45) is -0.217. The predicted octanol–water partition coefficient (Wildman–Crippen LogP) is 1.60. The summed E-state index contributed by atoms with van der Waals surface area (Å²) in [7, 11) is -1.87. The zero-order valence-electron chi connectivity index (χ0n) is 11.2. The van der Waals surface area contributed by atoms with Gasteiger partial charge in [-0.25, -0.2) is 0 Å². The molecular weight excluding hydrogens is 263 g/mol. The molecule has 1 aromatic rings. The molecule has 19 heavy (non-hydrogen) atoms. The predicted molar refractivity (Wildman–Crippen MR) is 73.1 cm³/mol. The van der Waals surface area contributed by atoms with Crippen molar-refractivity contribution in [1.29, 1.82) is 0 Å². The van der Waals surface area contributed by atoms with Gasteiger partial charge >= 0.3 is 0 Å². The Morgan fingerprint density at radius 3 is 2.21 bits per heavy atom. The number of amides is 2. The molecule has 1 fully saturated rings. The van der Waals surface area contributed by atoms with Crippen LogP contribution < -0.4 is 5.30 Å². The third-order valence-corrected chi connectivity index (χ3v) is 6.48. The van der Waals surface area contributed by atoms with E-state index in [4.69, 9.17) is 0 Å². The summed E-state index contributed by atoms with van der Waals surface area (Å²) >= 11 is 0. The second-order valence-electron chi connectivity index (χ2n) is 4.81. The van der Waals surface area contributed by atoms with Crippen LogP contribution in [0.15, 0.2) is 30.3 Å². The van der Waals surface area contributed by atoms with Gasteiger partial charge in [-0.3, -0.25) is 23.5 Å². The fourth-order valence-corrected chi connectivity index (χ4v) is 5.11. The van der Waals surface area contributed by atoms with Crippen LogP contribution in [0.2, 0.25) is 0 Å². The molecule has 1 atom stereocenters. The Morgan fingerprint density at radius 1 is 1.11 bits per heavy atom. The lowest BCUT2D eigenvalue weighted by atomic mass is 10.3. The fourth-order valence-electron chi connectivity index (χ4n) is 2.29. The van der Waals surface area contributed by atoms with Gasteiger partial charge in [0.15, 0.2) is 0 Å². The van der Waals surface area contributed by atoms with E-state index in [1.165, 1.54) is 16.4 Å². The van der Waals surface area contributed by atoms with Gasteiger partial charge in [-0.2, -0.15) is 0 Å². The third kappa shape index (κ3) is 2.08. The van der Waals surface area contributed by atoms with Crippen LogP contribution in [0.1, 0.15) is 20.3 Å². The van der Waals surface area contributed by atoms with Crippen LogP contribution in [0, 0.1) is 0 Å². The summed E-state index contributed by atoms with van der Waals surface area (Å²) in [5.74, 6) is -0.764. The minimum atomic E-state index is -3.37. The van der Waals surface area contributed by atoms with E-state index in [2.05, 4.69) is 0 Å². The van der Waals surface area contributed by atoms with E-state index >= 15 is 0 Å². The first kappa shape index (κ1) is 13.8. The average Bonchev–Trinajstić information content (AvgIpc) is 2.36. The van der Waals surface area contributed by atoms with Crippen LogP contribution >= 0.6 is 7.44 Å². The van der Waals surface area contributed by atoms with Crippen molar-refractivity contribution in [2.24, 2.45) is 0 Å².